The quantitative estimate of drug-likeness (QED) is 0.305. The van der Waals surface area contributed by atoms with Crippen LogP contribution in [0.3, 0.4) is 0 Å². The van der Waals surface area contributed by atoms with Gasteiger partial charge >= 0.3 is 12.0 Å². The normalized spacial score (nSPS) is 11.6. The highest BCUT2D eigenvalue weighted by molar-refractivity contribution is 5.92. The summed E-state index contributed by atoms with van der Waals surface area (Å²) in [6.07, 6.45) is 3.59. The molecule has 0 aromatic heterocycles. The van der Waals surface area contributed by atoms with Gasteiger partial charge in [0.05, 0.1) is 0 Å². The SMILES string of the molecule is CCCCCNC(=O)N(C)c1cccc(-c2ccc(CC(NCc3ccccc3)C(=O)O)cc2)c1. The van der Waals surface area contributed by atoms with E-state index in [1.165, 1.54) is 0 Å². The van der Waals surface area contributed by atoms with Crippen molar-refractivity contribution < 1.29 is 14.7 Å². The van der Waals surface area contributed by atoms with E-state index in [9.17, 15) is 14.7 Å². The topological polar surface area (TPSA) is 81.7 Å². The molecule has 0 spiro atoms. The smallest absolute Gasteiger partial charge is 0.321 e. The van der Waals surface area contributed by atoms with Crippen molar-refractivity contribution in [3.63, 3.8) is 0 Å². The Labute approximate surface area is 208 Å². The number of amides is 2. The maximum absolute atomic E-state index is 12.5. The summed E-state index contributed by atoms with van der Waals surface area (Å²) in [6, 6.07) is 24.8. The molecule has 3 rings (SSSR count). The Balaban J connectivity index is 1.62. The molecule has 1 unspecified atom stereocenters. The number of rotatable bonds is 12. The number of carbonyl (C=O) groups excluding carboxylic acids is 1. The van der Waals surface area contributed by atoms with E-state index in [4.69, 9.17) is 0 Å². The number of nitrogens with one attached hydrogen (secondary N) is 2. The van der Waals surface area contributed by atoms with Crippen LogP contribution in [0.1, 0.15) is 37.3 Å². The molecule has 0 aliphatic carbocycles. The van der Waals surface area contributed by atoms with Crippen molar-refractivity contribution in [1.82, 2.24) is 10.6 Å². The maximum Gasteiger partial charge on any atom is 0.321 e. The molecular formula is C29H35N3O3. The van der Waals surface area contributed by atoms with Crippen molar-refractivity contribution >= 4 is 17.7 Å². The third-order valence-corrected chi connectivity index (χ3v) is 6.02. The highest BCUT2D eigenvalue weighted by Crippen LogP contribution is 2.25. The summed E-state index contributed by atoms with van der Waals surface area (Å²) in [5, 5.41) is 15.8. The molecule has 6 heteroatoms. The third kappa shape index (κ3) is 7.97. The molecule has 6 nitrogen and oxygen atoms in total. The number of carbonyl (C=O) groups is 2. The largest absolute Gasteiger partial charge is 0.480 e. The van der Waals surface area contributed by atoms with Crippen LogP contribution >= 0.6 is 0 Å². The number of urea groups is 1. The molecule has 0 aliphatic rings. The number of hydrogen-bond donors (Lipinski definition) is 3. The van der Waals surface area contributed by atoms with Gasteiger partial charge in [-0.15, -0.1) is 0 Å². The van der Waals surface area contributed by atoms with Crippen LogP contribution < -0.4 is 15.5 Å². The molecule has 1 atom stereocenters. The first kappa shape index (κ1) is 26.0. The van der Waals surface area contributed by atoms with Crippen LogP contribution in [0.15, 0.2) is 78.9 Å². The summed E-state index contributed by atoms with van der Waals surface area (Å²) in [5.74, 6) is -0.867. The van der Waals surface area contributed by atoms with Gasteiger partial charge in [0.25, 0.3) is 0 Å². The first-order valence-corrected chi connectivity index (χ1v) is 12.2. The van der Waals surface area contributed by atoms with Crippen LogP contribution in [-0.2, 0) is 17.8 Å². The lowest BCUT2D eigenvalue weighted by Crippen LogP contribution is -2.38. The van der Waals surface area contributed by atoms with E-state index in [0.717, 1.165) is 47.2 Å². The summed E-state index contributed by atoms with van der Waals surface area (Å²) in [6.45, 7) is 3.32. The second-order valence-corrected chi connectivity index (χ2v) is 8.71. The monoisotopic (exact) mass is 473 g/mol. The van der Waals surface area contributed by atoms with Crippen molar-refractivity contribution in [2.75, 3.05) is 18.5 Å². The standard InChI is InChI=1S/C29H35N3O3/c1-3-4-8-18-30-29(35)32(2)26-13-9-12-25(20-26)24-16-14-22(15-17-24)19-27(28(33)34)31-21-23-10-6-5-7-11-23/h5-7,9-17,20,27,31H,3-4,8,18-19,21H2,1-2H3,(H,30,35)(H,33,34). The van der Waals surface area contributed by atoms with Crippen molar-refractivity contribution in [2.45, 2.75) is 45.2 Å². The lowest BCUT2D eigenvalue weighted by atomic mass is 10.00. The molecule has 0 radical (unpaired) electrons. The highest BCUT2D eigenvalue weighted by Gasteiger charge is 2.17. The summed E-state index contributed by atoms with van der Waals surface area (Å²) in [7, 11) is 1.77. The van der Waals surface area contributed by atoms with Gasteiger partial charge in [-0.25, -0.2) is 4.79 Å². The Bertz CT molecular complexity index is 1080. The Morgan fingerprint density at radius 3 is 2.31 bits per heavy atom. The minimum atomic E-state index is -0.867. The van der Waals surface area contributed by atoms with Crippen molar-refractivity contribution in [2.24, 2.45) is 0 Å². The fourth-order valence-electron chi connectivity index (χ4n) is 3.85. The molecule has 3 N–H and O–H groups in total. The van der Waals surface area contributed by atoms with E-state index in [0.29, 0.717) is 19.5 Å². The average molecular weight is 474 g/mol. The summed E-state index contributed by atoms with van der Waals surface area (Å²) < 4.78 is 0. The number of aliphatic carboxylic acids is 1. The van der Waals surface area contributed by atoms with Crippen LogP contribution in [0.2, 0.25) is 0 Å². The molecule has 0 saturated carbocycles. The first-order chi connectivity index (χ1) is 17.0. The molecule has 0 heterocycles. The van der Waals surface area contributed by atoms with Gasteiger partial charge in [-0.2, -0.15) is 0 Å². The first-order valence-electron chi connectivity index (χ1n) is 12.2. The zero-order chi connectivity index (χ0) is 25.0. The van der Waals surface area contributed by atoms with Crippen LogP contribution in [0.5, 0.6) is 0 Å². The molecule has 35 heavy (non-hydrogen) atoms. The number of benzene rings is 3. The molecule has 2 amide bonds. The molecule has 0 bridgehead atoms. The van der Waals surface area contributed by atoms with Crippen molar-refractivity contribution in [3.8, 4) is 11.1 Å². The van der Waals surface area contributed by atoms with Crippen molar-refractivity contribution in [1.29, 1.82) is 0 Å². The predicted molar refractivity (Wildman–Crippen MR) is 142 cm³/mol. The van der Waals surface area contributed by atoms with E-state index in [2.05, 4.69) is 17.6 Å². The number of nitrogens with zero attached hydrogens (tertiary/aromatic N) is 1. The predicted octanol–water partition coefficient (Wildman–Crippen LogP) is 5.48. The Morgan fingerprint density at radius 2 is 1.63 bits per heavy atom. The lowest BCUT2D eigenvalue weighted by Gasteiger charge is -2.19. The Hall–Kier alpha value is -3.64. The van der Waals surface area contributed by atoms with Gasteiger partial charge in [-0.05, 0) is 47.2 Å². The lowest BCUT2D eigenvalue weighted by molar-refractivity contribution is -0.139. The Morgan fingerprint density at radius 1 is 0.886 bits per heavy atom. The summed E-state index contributed by atoms with van der Waals surface area (Å²) in [4.78, 5) is 25.9. The minimum absolute atomic E-state index is 0.115. The van der Waals surface area contributed by atoms with Crippen LogP contribution in [0, 0.1) is 0 Å². The summed E-state index contributed by atoms with van der Waals surface area (Å²) >= 11 is 0. The fourth-order valence-corrected chi connectivity index (χ4v) is 3.85. The van der Waals surface area contributed by atoms with Gasteiger partial charge in [0, 0.05) is 25.8 Å². The molecule has 0 aliphatic heterocycles. The zero-order valence-corrected chi connectivity index (χ0v) is 20.5. The van der Waals surface area contributed by atoms with Gasteiger partial charge < -0.3 is 15.7 Å². The maximum atomic E-state index is 12.5. The van der Waals surface area contributed by atoms with Gasteiger partial charge in [-0.1, -0.05) is 86.5 Å². The second kappa shape index (κ2) is 13.3. The van der Waals surface area contributed by atoms with E-state index in [1.54, 1.807) is 11.9 Å². The van der Waals surface area contributed by atoms with Gasteiger partial charge in [0.2, 0.25) is 0 Å². The number of unbranched alkanes of at least 4 members (excludes halogenated alkanes) is 2. The third-order valence-electron chi connectivity index (χ3n) is 6.02. The molecule has 0 fully saturated rings. The van der Waals surface area contributed by atoms with Gasteiger partial charge in [-0.3, -0.25) is 9.69 Å². The van der Waals surface area contributed by atoms with Crippen LogP contribution in [0.4, 0.5) is 10.5 Å². The number of hydrogen-bond acceptors (Lipinski definition) is 3. The van der Waals surface area contributed by atoms with Crippen LogP contribution in [0.25, 0.3) is 11.1 Å². The Kier molecular flexibility index (Phi) is 9.87. The highest BCUT2D eigenvalue weighted by atomic mass is 16.4. The number of carboxylic acid groups (broad SMARTS) is 1. The van der Waals surface area contributed by atoms with E-state index in [-0.39, 0.29) is 6.03 Å². The minimum Gasteiger partial charge on any atom is -0.480 e. The molecule has 3 aromatic rings. The molecule has 184 valence electrons. The van der Waals surface area contributed by atoms with E-state index in [1.807, 2.05) is 78.9 Å². The zero-order valence-electron chi connectivity index (χ0n) is 20.5. The number of carboxylic acids is 1. The van der Waals surface area contributed by atoms with Crippen molar-refractivity contribution in [3.05, 3.63) is 90.0 Å². The van der Waals surface area contributed by atoms with E-state index < -0.39 is 12.0 Å². The number of anilines is 1. The van der Waals surface area contributed by atoms with Gasteiger partial charge in [0.1, 0.15) is 6.04 Å². The summed E-state index contributed by atoms with van der Waals surface area (Å²) in [5.41, 5.74) is 4.82. The van der Waals surface area contributed by atoms with Crippen LogP contribution in [-0.4, -0.2) is 36.7 Å². The fraction of sp³-hybridized carbons (Fsp3) is 0.310. The molecular weight excluding hydrogens is 438 g/mol. The molecule has 3 aromatic carbocycles. The van der Waals surface area contributed by atoms with Gasteiger partial charge in [0.15, 0.2) is 0 Å². The molecule has 0 saturated heterocycles. The second-order valence-electron chi connectivity index (χ2n) is 8.71. The van der Waals surface area contributed by atoms with E-state index >= 15 is 0 Å². The average Bonchev–Trinajstić information content (AvgIpc) is 2.89.